The molecule has 1 amide bonds. The van der Waals surface area contributed by atoms with E-state index in [0.29, 0.717) is 29.3 Å². The molecule has 1 aromatic carbocycles. The standard InChI is InChI=1S/C16H20FN3O3S2/c17-14-7-11(1-2-13(14)10-3-5-25(22)6-4-10)20-12(8-19-15(18)24)9-23-16(20)21/h1-2,7,10,12H,3-6,8-9H2,(H3,18,19,24)/t10?,12-,25?/m0/s1. The maximum absolute atomic E-state index is 14.6. The number of thiocarbonyl (C=S) groups is 1. The lowest BCUT2D eigenvalue weighted by Crippen LogP contribution is -2.44. The number of cyclic esters (lactones) is 1. The maximum Gasteiger partial charge on any atom is 0.414 e. The fourth-order valence-corrected chi connectivity index (χ4v) is 4.63. The van der Waals surface area contributed by atoms with E-state index in [-0.39, 0.29) is 29.5 Å². The van der Waals surface area contributed by atoms with Gasteiger partial charge in [-0.25, -0.2) is 9.18 Å². The molecule has 136 valence electrons. The molecule has 2 fully saturated rings. The summed E-state index contributed by atoms with van der Waals surface area (Å²) in [6, 6.07) is 4.50. The summed E-state index contributed by atoms with van der Waals surface area (Å²) in [4.78, 5) is 13.4. The van der Waals surface area contributed by atoms with Crippen LogP contribution in [-0.2, 0) is 15.5 Å². The molecule has 3 rings (SSSR count). The van der Waals surface area contributed by atoms with Gasteiger partial charge in [-0.05, 0) is 48.7 Å². The SMILES string of the molecule is NC(=S)NC[C@H]1COC(=O)N1c1ccc(C2CCS(=O)CC2)c(F)c1. The Morgan fingerprint density at radius 1 is 1.44 bits per heavy atom. The van der Waals surface area contributed by atoms with Gasteiger partial charge in [0, 0.05) is 28.9 Å². The van der Waals surface area contributed by atoms with Gasteiger partial charge in [-0.2, -0.15) is 0 Å². The highest BCUT2D eigenvalue weighted by Gasteiger charge is 2.35. The first-order valence-electron chi connectivity index (χ1n) is 8.09. The Labute approximate surface area is 153 Å². The van der Waals surface area contributed by atoms with Crippen LogP contribution in [0.15, 0.2) is 18.2 Å². The number of nitrogens with zero attached hydrogens (tertiary/aromatic N) is 1. The number of benzene rings is 1. The molecule has 0 unspecified atom stereocenters. The first-order valence-corrected chi connectivity index (χ1v) is 9.99. The van der Waals surface area contributed by atoms with Crippen LogP contribution in [-0.4, -0.2) is 46.1 Å². The first kappa shape index (κ1) is 18.1. The van der Waals surface area contributed by atoms with Crippen LogP contribution in [0.1, 0.15) is 24.3 Å². The number of halogens is 1. The second-order valence-corrected chi connectivity index (χ2v) is 8.31. The van der Waals surface area contributed by atoms with Crippen molar-refractivity contribution in [2.75, 3.05) is 29.6 Å². The smallest absolute Gasteiger partial charge is 0.414 e. The van der Waals surface area contributed by atoms with Crippen LogP contribution in [0.2, 0.25) is 0 Å². The van der Waals surface area contributed by atoms with Gasteiger partial charge in [-0.1, -0.05) is 6.07 Å². The molecular formula is C16H20FN3O3S2. The number of hydrogen-bond donors (Lipinski definition) is 2. The minimum absolute atomic E-state index is 0.0735. The zero-order chi connectivity index (χ0) is 18.0. The first-order chi connectivity index (χ1) is 12.0. The molecule has 3 N–H and O–H groups in total. The number of carbonyl (C=O) groups excluding carboxylic acids is 1. The van der Waals surface area contributed by atoms with Gasteiger partial charge in [0.2, 0.25) is 0 Å². The molecule has 1 atom stereocenters. The Morgan fingerprint density at radius 3 is 2.80 bits per heavy atom. The van der Waals surface area contributed by atoms with Crippen LogP contribution in [0.4, 0.5) is 14.9 Å². The molecule has 0 spiro atoms. The van der Waals surface area contributed by atoms with Crippen molar-refractivity contribution in [2.45, 2.75) is 24.8 Å². The number of carbonyl (C=O) groups is 1. The van der Waals surface area contributed by atoms with Gasteiger partial charge in [-0.15, -0.1) is 0 Å². The summed E-state index contributed by atoms with van der Waals surface area (Å²) in [6.45, 7) is 0.519. The average molecular weight is 385 g/mol. The molecule has 6 nitrogen and oxygen atoms in total. The predicted molar refractivity (Wildman–Crippen MR) is 98.7 cm³/mol. The number of hydrogen-bond acceptors (Lipinski definition) is 4. The van der Waals surface area contributed by atoms with Crippen molar-refractivity contribution >= 4 is 39.9 Å². The summed E-state index contributed by atoms with van der Waals surface area (Å²) in [6.07, 6.45) is 0.916. The fraction of sp³-hybridized carbons (Fsp3) is 0.500. The highest BCUT2D eigenvalue weighted by molar-refractivity contribution is 7.85. The van der Waals surface area contributed by atoms with Crippen LogP contribution in [0.3, 0.4) is 0 Å². The molecule has 0 aliphatic carbocycles. The van der Waals surface area contributed by atoms with Crippen molar-refractivity contribution in [3.05, 3.63) is 29.6 Å². The highest BCUT2D eigenvalue weighted by Crippen LogP contribution is 2.33. The highest BCUT2D eigenvalue weighted by atomic mass is 32.2. The summed E-state index contributed by atoms with van der Waals surface area (Å²) in [7, 11) is -0.783. The Balaban J connectivity index is 1.77. The van der Waals surface area contributed by atoms with Crippen molar-refractivity contribution in [2.24, 2.45) is 5.73 Å². The van der Waals surface area contributed by atoms with Gasteiger partial charge in [-0.3, -0.25) is 9.11 Å². The summed E-state index contributed by atoms with van der Waals surface area (Å²) in [5.41, 5.74) is 6.48. The van der Waals surface area contributed by atoms with Crippen LogP contribution in [0.25, 0.3) is 0 Å². The molecule has 0 aromatic heterocycles. The van der Waals surface area contributed by atoms with E-state index in [4.69, 9.17) is 22.7 Å². The topological polar surface area (TPSA) is 84.7 Å². The van der Waals surface area contributed by atoms with Gasteiger partial charge in [0.05, 0.1) is 11.7 Å². The van der Waals surface area contributed by atoms with E-state index >= 15 is 0 Å². The second kappa shape index (κ2) is 7.65. The lowest BCUT2D eigenvalue weighted by Gasteiger charge is -2.25. The zero-order valence-electron chi connectivity index (χ0n) is 13.6. The minimum atomic E-state index is -0.783. The van der Waals surface area contributed by atoms with Gasteiger partial charge >= 0.3 is 6.09 Å². The van der Waals surface area contributed by atoms with Gasteiger partial charge in [0.1, 0.15) is 12.4 Å². The van der Waals surface area contributed by atoms with Crippen molar-refractivity contribution in [3.8, 4) is 0 Å². The second-order valence-electron chi connectivity index (χ2n) is 6.17. The molecule has 9 heteroatoms. The van der Waals surface area contributed by atoms with Crippen molar-refractivity contribution < 1.29 is 18.1 Å². The Kier molecular flexibility index (Phi) is 5.53. The molecular weight excluding hydrogens is 365 g/mol. The summed E-state index contributed by atoms with van der Waals surface area (Å²) in [5, 5.41) is 2.94. The molecule has 2 heterocycles. The number of amides is 1. The van der Waals surface area contributed by atoms with Gasteiger partial charge in [0.25, 0.3) is 0 Å². The third-order valence-electron chi connectivity index (χ3n) is 4.56. The van der Waals surface area contributed by atoms with E-state index in [2.05, 4.69) is 5.32 Å². The van der Waals surface area contributed by atoms with Crippen LogP contribution in [0, 0.1) is 5.82 Å². The van der Waals surface area contributed by atoms with Gasteiger partial charge in [0.15, 0.2) is 5.11 Å². The summed E-state index contributed by atoms with van der Waals surface area (Å²) >= 11 is 4.77. The van der Waals surface area contributed by atoms with E-state index in [0.717, 1.165) is 12.8 Å². The number of rotatable bonds is 4. The molecule has 2 aliphatic heterocycles. The maximum atomic E-state index is 14.6. The lowest BCUT2D eigenvalue weighted by atomic mass is 9.93. The summed E-state index contributed by atoms with van der Waals surface area (Å²) < 4.78 is 31.2. The minimum Gasteiger partial charge on any atom is -0.447 e. The Bertz CT molecular complexity index is 706. The third-order valence-corrected chi connectivity index (χ3v) is 6.09. The third kappa shape index (κ3) is 4.09. The lowest BCUT2D eigenvalue weighted by molar-refractivity contribution is 0.179. The average Bonchev–Trinajstić information content (AvgIpc) is 2.94. The summed E-state index contributed by atoms with van der Waals surface area (Å²) in [5.74, 6) is 0.939. The quantitative estimate of drug-likeness (QED) is 0.766. The number of anilines is 1. The van der Waals surface area contributed by atoms with Crippen LogP contribution >= 0.6 is 12.2 Å². The van der Waals surface area contributed by atoms with E-state index in [1.807, 2.05) is 0 Å². The fourth-order valence-electron chi connectivity index (χ4n) is 3.25. The number of nitrogens with two attached hydrogens (primary N) is 1. The van der Waals surface area contributed by atoms with Crippen LogP contribution < -0.4 is 16.0 Å². The van der Waals surface area contributed by atoms with E-state index in [9.17, 15) is 13.4 Å². The van der Waals surface area contributed by atoms with E-state index in [1.165, 1.54) is 11.0 Å². The molecule has 2 saturated heterocycles. The molecule has 2 aliphatic rings. The van der Waals surface area contributed by atoms with Crippen molar-refractivity contribution in [1.29, 1.82) is 0 Å². The van der Waals surface area contributed by atoms with Crippen LogP contribution in [0.5, 0.6) is 0 Å². The molecule has 25 heavy (non-hydrogen) atoms. The number of ether oxygens (including phenoxy) is 1. The van der Waals surface area contributed by atoms with Crippen molar-refractivity contribution in [3.63, 3.8) is 0 Å². The zero-order valence-corrected chi connectivity index (χ0v) is 15.2. The van der Waals surface area contributed by atoms with E-state index in [1.54, 1.807) is 12.1 Å². The largest absolute Gasteiger partial charge is 0.447 e. The normalized spacial score (nSPS) is 26.4. The number of nitrogens with one attached hydrogen (secondary N) is 1. The van der Waals surface area contributed by atoms with E-state index < -0.39 is 16.9 Å². The van der Waals surface area contributed by atoms with Gasteiger partial charge < -0.3 is 15.8 Å². The molecule has 0 saturated carbocycles. The molecule has 1 aromatic rings. The monoisotopic (exact) mass is 385 g/mol. The Morgan fingerprint density at radius 2 is 2.16 bits per heavy atom. The Hall–Kier alpha value is -1.74. The molecule has 0 radical (unpaired) electrons. The van der Waals surface area contributed by atoms with Crippen molar-refractivity contribution in [1.82, 2.24) is 5.32 Å². The predicted octanol–water partition coefficient (Wildman–Crippen LogP) is 1.61. The molecule has 0 bridgehead atoms.